The lowest BCUT2D eigenvalue weighted by atomic mass is 10.1. The first kappa shape index (κ1) is 13.6. The number of hydrogen-bond donors (Lipinski definition) is 0. The molecule has 0 amide bonds. The molecule has 4 rings (SSSR count). The summed E-state index contributed by atoms with van der Waals surface area (Å²) >= 11 is 0. The Morgan fingerprint density at radius 1 is 1.09 bits per heavy atom. The minimum Gasteiger partial charge on any atom is -0.331 e. The molecule has 6 heteroatoms. The number of nitroso groups, excluding NO2 is 1. The van der Waals surface area contributed by atoms with E-state index in [0.29, 0.717) is 17.2 Å². The zero-order chi connectivity index (χ0) is 16.1. The van der Waals surface area contributed by atoms with Crippen molar-refractivity contribution in [3.8, 4) is 11.3 Å². The van der Waals surface area contributed by atoms with Gasteiger partial charge < -0.3 is 4.57 Å². The lowest BCUT2D eigenvalue weighted by Gasteiger charge is -2.01. The summed E-state index contributed by atoms with van der Waals surface area (Å²) in [5, 5.41) is 3.22. The summed E-state index contributed by atoms with van der Waals surface area (Å²) in [5.41, 5.74) is 4.99. The Morgan fingerprint density at radius 3 is 2.70 bits per heavy atom. The lowest BCUT2D eigenvalue weighted by molar-refractivity contribution is 0.886. The summed E-state index contributed by atoms with van der Waals surface area (Å²) in [6.07, 6.45) is 0. The van der Waals surface area contributed by atoms with E-state index in [4.69, 9.17) is 0 Å². The molecule has 0 radical (unpaired) electrons. The summed E-state index contributed by atoms with van der Waals surface area (Å²) in [5.74, 6) is 1.27. The van der Waals surface area contributed by atoms with E-state index in [1.165, 1.54) is 0 Å². The first-order valence-corrected chi connectivity index (χ1v) is 7.35. The van der Waals surface area contributed by atoms with Crippen LogP contribution in [0.3, 0.4) is 0 Å². The zero-order valence-corrected chi connectivity index (χ0v) is 13.1. The van der Waals surface area contributed by atoms with Crippen molar-refractivity contribution in [2.24, 2.45) is 12.2 Å². The van der Waals surface area contributed by atoms with E-state index in [-0.39, 0.29) is 0 Å². The van der Waals surface area contributed by atoms with Crippen molar-refractivity contribution in [2.75, 3.05) is 0 Å². The number of nitrogens with zero attached hydrogens (tertiary/aromatic N) is 5. The summed E-state index contributed by atoms with van der Waals surface area (Å²) in [7, 11) is 1.98. The monoisotopic (exact) mass is 305 g/mol. The van der Waals surface area contributed by atoms with Gasteiger partial charge in [0.25, 0.3) is 0 Å². The average Bonchev–Trinajstić information content (AvgIpc) is 3.06. The fourth-order valence-corrected chi connectivity index (χ4v) is 2.98. The molecule has 0 aliphatic carbocycles. The van der Waals surface area contributed by atoms with E-state index in [1.54, 1.807) is 4.40 Å². The van der Waals surface area contributed by atoms with Crippen molar-refractivity contribution in [3.05, 3.63) is 52.8 Å². The largest absolute Gasteiger partial charge is 0.331 e. The standard InChI is InChI=1S/C17H15N5O/c1-10-5-4-6-15-19-16(17(20-23)22(10)15)12-7-8-14-13(9-12)18-11(2)21(14)3/h4-9H,1-3H3. The van der Waals surface area contributed by atoms with Gasteiger partial charge in [0.1, 0.15) is 17.2 Å². The van der Waals surface area contributed by atoms with Gasteiger partial charge in [-0.3, -0.25) is 4.40 Å². The van der Waals surface area contributed by atoms with Crippen molar-refractivity contribution in [1.82, 2.24) is 18.9 Å². The summed E-state index contributed by atoms with van der Waals surface area (Å²) in [6, 6.07) is 11.6. The highest BCUT2D eigenvalue weighted by Crippen LogP contribution is 2.33. The first-order valence-electron chi connectivity index (χ1n) is 7.35. The predicted octanol–water partition coefficient (Wildman–Crippen LogP) is 3.90. The molecule has 6 nitrogen and oxygen atoms in total. The van der Waals surface area contributed by atoms with Crippen LogP contribution in [0.2, 0.25) is 0 Å². The van der Waals surface area contributed by atoms with E-state index in [9.17, 15) is 4.91 Å². The maximum Gasteiger partial charge on any atom is 0.209 e. The molecule has 0 aliphatic heterocycles. The third kappa shape index (κ3) is 1.88. The maximum absolute atomic E-state index is 11.4. The number of fused-ring (bicyclic) bond motifs is 2. The number of aromatic nitrogens is 4. The number of hydrogen-bond acceptors (Lipinski definition) is 4. The van der Waals surface area contributed by atoms with Crippen molar-refractivity contribution in [2.45, 2.75) is 13.8 Å². The second kappa shape index (κ2) is 4.74. The lowest BCUT2D eigenvalue weighted by Crippen LogP contribution is -1.90. The molecular formula is C17H15N5O. The molecule has 0 saturated carbocycles. The van der Waals surface area contributed by atoms with Crippen LogP contribution in [-0.2, 0) is 7.05 Å². The number of pyridine rings is 1. The third-order valence-electron chi connectivity index (χ3n) is 4.28. The highest BCUT2D eigenvalue weighted by molar-refractivity contribution is 5.85. The molecule has 1 aromatic carbocycles. The van der Waals surface area contributed by atoms with Crippen LogP contribution >= 0.6 is 0 Å². The van der Waals surface area contributed by atoms with Gasteiger partial charge in [-0.2, -0.15) is 0 Å². The molecule has 0 atom stereocenters. The Hall–Kier alpha value is -3.02. The van der Waals surface area contributed by atoms with Gasteiger partial charge in [0.05, 0.1) is 11.0 Å². The molecular weight excluding hydrogens is 290 g/mol. The summed E-state index contributed by atoms with van der Waals surface area (Å²) < 4.78 is 3.81. The average molecular weight is 305 g/mol. The molecule has 0 N–H and O–H groups in total. The minimum absolute atomic E-state index is 0.324. The van der Waals surface area contributed by atoms with Gasteiger partial charge in [0.15, 0.2) is 0 Å². The van der Waals surface area contributed by atoms with Crippen LogP contribution in [0.15, 0.2) is 41.6 Å². The van der Waals surface area contributed by atoms with Gasteiger partial charge in [0.2, 0.25) is 5.82 Å². The maximum atomic E-state index is 11.4. The van der Waals surface area contributed by atoms with Crippen molar-refractivity contribution in [3.63, 3.8) is 0 Å². The van der Waals surface area contributed by atoms with Gasteiger partial charge in [-0.1, -0.05) is 12.1 Å². The number of aryl methyl sites for hydroxylation is 3. The fourth-order valence-electron chi connectivity index (χ4n) is 2.98. The minimum atomic E-state index is 0.324. The van der Waals surface area contributed by atoms with Crippen LogP contribution in [-0.4, -0.2) is 18.9 Å². The molecule has 0 fully saturated rings. The molecule has 0 spiro atoms. The molecule has 0 unspecified atom stereocenters. The van der Waals surface area contributed by atoms with Crippen LogP contribution in [0.1, 0.15) is 11.5 Å². The summed E-state index contributed by atoms with van der Waals surface area (Å²) in [4.78, 5) is 20.5. The SMILES string of the molecule is Cc1nc2cc(-c3nc4cccc(C)n4c3N=O)ccc2n1C. The first-order chi connectivity index (χ1) is 11.1. The van der Waals surface area contributed by atoms with E-state index in [0.717, 1.165) is 28.1 Å². The molecule has 114 valence electrons. The van der Waals surface area contributed by atoms with Gasteiger partial charge in [-0.25, -0.2) is 9.97 Å². The molecule has 23 heavy (non-hydrogen) atoms. The molecule has 4 aromatic rings. The summed E-state index contributed by atoms with van der Waals surface area (Å²) in [6.45, 7) is 3.89. The van der Waals surface area contributed by atoms with Crippen molar-refractivity contribution < 1.29 is 0 Å². The quantitative estimate of drug-likeness (QED) is 0.527. The highest BCUT2D eigenvalue weighted by Gasteiger charge is 2.17. The van der Waals surface area contributed by atoms with E-state index >= 15 is 0 Å². The van der Waals surface area contributed by atoms with Gasteiger partial charge in [-0.15, -0.1) is 4.91 Å². The fraction of sp³-hybridized carbons (Fsp3) is 0.176. The smallest absolute Gasteiger partial charge is 0.209 e. The predicted molar refractivity (Wildman–Crippen MR) is 89.8 cm³/mol. The van der Waals surface area contributed by atoms with E-state index in [1.807, 2.05) is 61.9 Å². The van der Waals surface area contributed by atoms with Gasteiger partial charge in [0, 0.05) is 18.3 Å². The Balaban J connectivity index is 2.02. The number of benzene rings is 1. The second-order valence-electron chi connectivity index (χ2n) is 5.66. The Labute approximate surface area is 132 Å². The van der Waals surface area contributed by atoms with Crippen LogP contribution in [0.25, 0.3) is 27.9 Å². The Bertz CT molecular complexity index is 1070. The van der Waals surface area contributed by atoms with Gasteiger partial charge in [-0.05, 0) is 43.3 Å². The molecule has 0 aliphatic rings. The topological polar surface area (TPSA) is 64.5 Å². The zero-order valence-electron chi connectivity index (χ0n) is 13.1. The van der Waals surface area contributed by atoms with Gasteiger partial charge >= 0.3 is 0 Å². The van der Waals surface area contributed by atoms with Crippen molar-refractivity contribution >= 4 is 22.5 Å². The third-order valence-corrected chi connectivity index (χ3v) is 4.28. The number of imidazole rings is 2. The molecule has 0 bridgehead atoms. The van der Waals surface area contributed by atoms with E-state index in [2.05, 4.69) is 15.1 Å². The molecule has 3 heterocycles. The number of rotatable bonds is 2. The van der Waals surface area contributed by atoms with Crippen LogP contribution in [0, 0.1) is 18.8 Å². The van der Waals surface area contributed by atoms with Crippen LogP contribution in [0.4, 0.5) is 5.82 Å². The van der Waals surface area contributed by atoms with Crippen molar-refractivity contribution in [1.29, 1.82) is 0 Å². The Morgan fingerprint density at radius 2 is 1.91 bits per heavy atom. The van der Waals surface area contributed by atoms with Crippen LogP contribution in [0.5, 0.6) is 0 Å². The van der Waals surface area contributed by atoms with Crippen LogP contribution < -0.4 is 0 Å². The normalized spacial score (nSPS) is 11.4. The van der Waals surface area contributed by atoms with E-state index < -0.39 is 0 Å². The molecule has 0 saturated heterocycles. The highest BCUT2D eigenvalue weighted by atomic mass is 16.3. The molecule has 3 aromatic heterocycles. The Kier molecular flexibility index (Phi) is 2.81. The second-order valence-corrected chi connectivity index (χ2v) is 5.66.